The largest absolute Gasteiger partial charge is 0.473 e. The van der Waals surface area contributed by atoms with Crippen LogP contribution in [-0.2, 0) is 6.42 Å². The summed E-state index contributed by atoms with van der Waals surface area (Å²) in [6.07, 6.45) is 2.86. The van der Waals surface area contributed by atoms with Crippen LogP contribution >= 0.6 is 0 Å². The lowest BCUT2D eigenvalue weighted by atomic mass is 10.1. The van der Waals surface area contributed by atoms with Gasteiger partial charge in [-0.25, -0.2) is 4.79 Å². The van der Waals surface area contributed by atoms with Gasteiger partial charge in [-0.1, -0.05) is 32.4 Å². The highest BCUT2D eigenvalue weighted by molar-refractivity contribution is 5.74. The average Bonchev–Trinajstić information content (AvgIpc) is 2.47. The van der Waals surface area contributed by atoms with Crippen LogP contribution in [0.25, 0.3) is 0 Å². The number of benzene rings is 1. The quantitative estimate of drug-likeness (QED) is 0.638. The SMILES string of the molecule is CCCc1ccc(OCNC(=O)NC(CC)CO)cc1. The molecular formula is C15H24N2O3. The molecule has 0 bridgehead atoms. The van der Waals surface area contributed by atoms with Gasteiger partial charge in [0.25, 0.3) is 0 Å². The number of hydrogen-bond acceptors (Lipinski definition) is 3. The Bertz CT molecular complexity index is 389. The van der Waals surface area contributed by atoms with Crippen LogP contribution in [0.5, 0.6) is 5.75 Å². The molecule has 1 rings (SSSR count). The number of aryl methyl sites for hydroxylation is 1. The van der Waals surface area contributed by atoms with Gasteiger partial charge in [0.2, 0.25) is 0 Å². The van der Waals surface area contributed by atoms with Gasteiger partial charge in [-0.3, -0.25) is 0 Å². The van der Waals surface area contributed by atoms with E-state index in [-0.39, 0.29) is 25.4 Å². The topological polar surface area (TPSA) is 70.6 Å². The molecule has 2 amide bonds. The first-order valence-corrected chi connectivity index (χ1v) is 7.06. The molecular weight excluding hydrogens is 256 g/mol. The molecule has 3 N–H and O–H groups in total. The van der Waals surface area contributed by atoms with E-state index in [1.807, 2.05) is 31.2 Å². The highest BCUT2D eigenvalue weighted by Gasteiger charge is 2.08. The van der Waals surface area contributed by atoms with Gasteiger partial charge in [0.1, 0.15) is 5.75 Å². The number of rotatable bonds is 8. The molecule has 1 unspecified atom stereocenters. The monoisotopic (exact) mass is 280 g/mol. The molecule has 0 aromatic heterocycles. The Morgan fingerprint density at radius 3 is 2.55 bits per heavy atom. The number of nitrogens with one attached hydrogen (secondary N) is 2. The van der Waals surface area contributed by atoms with Gasteiger partial charge >= 0.3 is 6.03 Å². The van der Waals surface area contributed by atoms with Crippen LogP contribution in [-0.4, -0.2) is 30.5 Å². The van der Waals surface area contributed by atoms with E-state index in [0.29, 0.717) is 6.42 Å². The minimum absolute atomic E-state index is 0.0658. The summed E-state index contributed by atoms with van der Waals surface area (Å²) in [4.78, 5) is 11.5. The maximum Gasteiger partial charge on any atom is 0.317 e. The van der Waals surface area contributed by atoms with E-state index in [0.717, 1.165) is 18.6 Å². The molecule has 0 radical (unpaired) electrons. The zero-order valence-electron chi connectivity index (χ0n) is 12.2. The molecule has 0 heterocycles. The number of carbonyl (C=O) groups excluding carboxylic acids is 1. The van der Waals surface area contributed by atoms with E-state index in [2.05, 4.69) is 17.6 Å². The van der Waals surface area contributed by atoms with Crippen molar-refractivity contribution < 1.29 is 14.6 Å². The summed E-state index contributed by atoms with van der Waals surface area (Å²) in [6, 6.07) is 7.28. The summed E-state index contributed by atoms with van der Waals surface area (Å²) in [5, 5.41) is 14.2. The Morgan fingerprint density at radius 2 is 2.00 bits per heavy atom. The van der Waals surface area contributed by atoms with Gasteiger partial charge < -0.3 is 20.5 Å². The second kappa shape index (κ2) is 9.20. The molecule has 1 atom stereocenters. The first-order chi connectivity index (χ1) is 9.69. The Kier molecular flexibility index (Phi) is 7.50. The van der Waals surface area contributed by atoms with E-state index < -0.39 is 0 Å². The van der Waals surface area contributed by atoms with Gasteiger partial charge in [0, 0.05) is 0 Å². The van der Waals surface area contributed by atoms with Crippen LogP contribution in [0.2, 0.25) is 0 Å². The number of hydrogen-bond donors (Lipinski definition) is 3. The molecule has 5 heteroatoms. The van der Waals surface area contributed by atoms with E-state index in [1.165, 1.54) is 5.56 Å². The summed E-state index contributed by atoms with van der Waals surface area (Å²) >= 11 is 0. The van der Waals surface area contributed by atoms with Gasteiger partial charge in [-0.2, -0.15) is 0 Å². The van der Waals surface area contributed by atoms with Gasteiger partial charge in [-0.15, -0.1) is 0 Å². The van der Waals surface area contributed by atoms with Crippen LogP contribution < -0.4 is 15.4 Å². The van der Waals surface area contributed by atoms with Gasteiger partial charge in [-0.05, 0) is 30.5 Å². The zero-order valence-corrected chi connectivity index (χ0v) is 12.2. The highest BCUT2D eigenvalue weighted by atomic mass is 16.5. The van der Waals surface area contributed by atoms with Crippen molar-refractivity contribution in [2.45, 2.75) is 39.2 Å². The first kappa shape index (κ1) is 16.3. The lowest BCUT2D eigenvalue weighted by Crippen LogP contribution is -2.44. The standard InChI is InChI=1S/C15H24N2O3/c1-3-5-12-6-8-14(9-7-12)20-11-16-15(19)17-13(4-2)10-18/h6-9,13,18H,3-5,10-11H2,1-2H3,(H2,16,17,19). The van der Waals surface area contributed by atoms with Crippen molar-refractivity contribution in [2.75, 3.05) is 13.3 Å². The van der Waals surface area contributed by atoms with Crippen molar-refractivity contribution in [1.82, 2.24) is 10.6 Å². The summed E-state index contributed by atoms with van der Waals surface area (Å²) in [5.74, 6) is 0.722. The lowest BCUT2D eigenvalue weighted by molar-refractivity contribution is 0.204. The predicted octanol–water partition coefficient (Wildman–Crippen LogP) is 2.05. The number of aliphatic hydroxyl groups is 1. The summed E-state index contributed by atoms with van der Waals surface area (Å²) in [5.41, 5.74) is 1.28. The van der Waals surface area contributed by atoms with Crippen LogP contribution in [0.15, 0.2) is 24.3 Å². The Morgan fingerprint density at radius 1 is 1.30 bits per heavy atom. The van der Waals surface area contributed by atoms with E-state index in [4.69, 9.17) is 9.84 Å². The minimum atomic E-state index is -0.339. The average molecular weight is 280 g/mol. The zero-order chi connectivity index (χ0) is 14.8. The molecule has 0 saturated heterocycles. The normalized spacial score (nSPS) is 11.8. The number of carbonyl (C=O) groups is 1. The Hall–Kier alpha value is -1.75. The molecule has 1 aromatic carbocycles. The van der Waals surface area contributed by atoms with Gasteiger partial charge in [0.05, 0.1) is 12.6 Å². The number of amides is 2. The predicted molar refractivity (Wildman–Crippen MR) is 78.8 cm³/mol. The van der Waals surface area contributed by atoms with Crippen molar-refractivity contribution in [3.05, 3.63) is 29.8 Å². The fourth-order valence-electron chi connectivity index (χ4n) is 1.74. The smallest absolute Gasteiger partial charge is 0.317 e. The molecule has 0 aliphatic heterocycles. The second-order valence-corrected chi connectivity index (χ2v) is 4.62. The van der Waals surface area contributed by atoms with Crippen molar-refractivity contribution in [3.63, 3.8) is 0 Å². The molecule has 20 heavy (non-hydrogen) atoms. The van der Waals surface area contributed by atoms with Gasteiger partial charge in [0.15, 0.2) is 6.73 Å². The Balaban J connectivity index is 2.27. The molecule has 5 nitrogen and oxygen atoms in total. The van der Waals surface area contributed by atoms with Crippen molar-refractivity contribution >= 4 is 6.03 Å². The third-order valence-corrected chi connectivity index (χ3v) is 2.98. The number of ether oxygens (including phenoxy) is 1. The summed E-state index contributed by atoms with van der Waals surface area (Å²) in [6.45, 7) is 4.07. The minimum Gasteiger partial charge on any atom is -0.473 e. The molecule has 0 aliphatic rings. The third-order valence-electron chi connectivity index (χ3n) is 2.98. The molecule has 0 aliphatic carbocycles. The maximum absolute atomic E-state index is 11.5. The van der Waals surface area contributed by atoms with Crippen molar-refractivity contribution in [2.24, 2.45) is 0 Å². The lowest BCUT2D eigenvalue weighted by Gasteiger charge is -2.15. The second-order valence-electron chi connectivity index (χ2n) is 4.62. The molecule has 0 spiro atoms. The summed E-state index contributed by atoms with van der Waals surface area (Å²) < 4.78 is 5.42. The van der Waals surface area contributed by atoms with E-state index in [1.54, 1.807) is 0 Å². The first-order valence-electron chi connectivity index (χ1n) is 7.06. The van der Waals surface area contributed by atoms with Crippen LogP contribution in [0.1, 0.15) is 32.3 Å². The molecule has 0 fully saturated rings. The van der Waals surface area contributed by atoms with Crippen LogP contribution in [0, 0.1) is 0 Å². The van der Waals surface area contributed by atoms with Crippen LogP contribution in [0.3, 0.4) is 0 Å². The Labute approximate surface area is 120 Å². The highest BCUT2D eigenvalue weighted by Crippen LogP contribution is 2.12. The van der Waals surface area contributed by atoms with Crippen molar-refractivity contribution in [1.29, 1.82) is 0 Å². The number of aliphatic hydroxyl groups excluding tert-OH is 1. The third kappa shape index (κ3) is 5.93. The number of urea groups is 1. The fourth-order valence-corrected chi connectivity index (χ4v) is 1.74. The molecule has 1 aromatic rings. The maximum atomic E-state index is 11.5. The summed E-state index contributed by atoms with van der Waals surface area (Å²) in [7, 11) is 0. The van der Waals surface area contributed by atoms with E-state index in [9.17, 15) is 4.79 Å². The van der Waals surface area contributed by atoms with Crippen LogP contribution in [0.4, 0.5) is 4.79 Å². The fraction of sp³-hybridized carbons (Fsp3) is 0.533. The molecule has 0 saturated carbocycles. The molecule has 112 valence electrons. The van der Waals surface area contributed by atoms with Crippen molar-refractivity contribution in [3.8, 4) is 5.75 Å². The van der Waals surface area contributed by atoms with E-state index >= 15 is 0 Å².